The van der Waals surface area contributed by atoms with E-state index in [0.29, 0.717) is 0 Å². The normalized spacial score (nSPS) is 12.0. The van der Waals surface area contributed by atoms with Crippen LogP contribution in [-0.4, -0.2) is 0 Å². The number of rotatable bonds is 0. The Morgan fingerprint density at radius 2 is 1.61 bits per heavy atom. The summed E-state index contributed by atoms with van der Waals surface area (Å²) >= 11 is 0. The molecule has 2 N–H and O–H groups in total. The Balaban J connectivity index is 2.18. The minimum atomic E-state index is 0.758. The maximum Gasteiger partial charge on any atom is 0.135 e. The first-order valence-corrected chi connectivity index (χ1v) is 5.92. The second kappa shape index (κ2) is 3.26. The van der Waals surface area contributed by atoms with E-state index in [-0.39, 0.29) is 0 Å². The number of ether oxygens (including phenoxy) is 1. The van der Waals surface area contributed by atoms with Gasteiger partial charge in [0.05, 0.1) is 0 Å². The van der Waals surface area contributed by atoms with Crippen LogP contribution in [0.15, 0.2) is 54.6 Å². The third-order valence-corrected chi connectivity index (χ3v) is 3.38. The molecule has 0 aliphatic carbocycles. The van der Waals surface area contributed by atoms with Crippen LogP contribution in [0.5, 0.6) is 11.5 Å². The van der Waals surface area contributed by atoms with Crippen molar-refractivity contribution in [3.8, 4) is 22.6 Å². The molecule has 1 heterocycles. The van der Waals surface area contributed by atoms with Gasteiger partial charge in [-0.2, -0.15) is 0 Å². The Hall–Kier alpha value is -2.48. The van der Waals surface area contributed by atoms with Crippen LogP contribution in [0, 0.1) is 0 Å². The van der Waals surface area contributed by atoms with E-state index in [1.54, 1.807) is 0 Å². The molecule has 0 fully saturated rings. The van der Waals surface area contributed by atoms with Gasteiger partial charge in [-0.1, -0.05) is 30.3 Å². The Bertz CT molecular complexity index is 772. The smallest absolute Gasteiger partial charge is 0.135 e. The Morgan fingerprint density at radius 1 is 0.778 bits per heavy atom. The SMILES string of the molecule is Nc1ccc2c(c1)-c1cccc3cccc(c13)O2. The molecule has 1 aliphatic rings. The van der Waals surface area contributed by atoms with Crippen molar-refractivity contribution < 1.29 is 4.74 Å². The molecule has 0 radical (unpaired) electrons. The fraction of sp³-hybridized carbons (Fsp3) is 0. The molecular formula is C16H11NO. The van der Waals surface area contributed by atoms with E-state index in [0.717, 1.165) is 28.1 Å². The zero-order chi connectivity index (χ0) is 12.1. The number of benzene rings is 3. The highest BCUT2D eigenvalue weighted by molar-refractivity contribution is 6.04. The summed E-state index contributed by atoms with van der Waals surface area (Å²) in [5.74, 6) is 1.79. The molecule has 2 heteroatoms. The molecule has 86 valence electrons. The van der Waals surface area contributed by atoms with Gasteiger partial charge in [-0.3, -0.25) is 0 Å². The summed E-state index contributed by atoms with van der Waals surface area (Å²) in [6, 6.07) is 18.2. The van der Waals surface area contributed by atoms with Crippen molar-refractivity contribution in [1.82, 2.24) is 0 Å². The molecule has 0 saturated carbocycles. The van der Waals surface area contributed by atoms with E-state index in [1.807, 2.05) is 30.3 Å². The van der Waals surface area contributed by atoms with Gasteiger partial charge in [-0.25, -0.2) is 0 Å². The number of nitrogens with two attached hydrogens (primary N) is 1. The first-order chi connectivity index (χ1) is 8.83. The Kier molecular flexibility index (Phi) is 1.73. The molecule has 0 unspecified atom stereocenters. The van der Waals surface area contributed by atoms with Crippen LogP contribution in [0.3, 0.4) is 0 Å². The third kappa shape index (κ3) is 1.17. The molecule has 0 bridgehead atoms. The fourth-order valence-electron chi connectivity index (χ4n) is 2.58. The van der Waals surface area contributed by atoms with Crippen molar-refractivity contribution in [2.75, 3.05) is 5.73 Å². The van der Waals surface area contributed by atoms with E-state index in [4.69, 9.17) is 10.5 Å². The lowest BCUT2D eigenvalue weighted by atomic mass is 9.94. The van der Waals surface area contributed by atoms with Gasteiger partial charge in [0.25, 0.3) is 0 Å². The lowest BCUT2D eigenvalue weighted by Gasteiger charge is -2.21. The predicted molar refractivity (Wildman–Crippen MR) is 73.9 cm³/mol. The third-order valence-electron chi connectivity index (χ3n) is 3.38. The highest BCUT2D eigenvalue weighted by Crippen LogP contribution is 2.46. The van der Waals surface area contributed by atoms with Crippen molar-refractivity contribution >= 4 is 16.5 Å². The van der Waals surface area contributed by atoms with Crippen LogP contribution in [0.25, 0.3) is 21.9 Å². The monoisotopic (exact) mass is 233 g/mol. The molecule has 0 aromatic heterocycles. The van der Waals surface area contributed by atoms with Gasteiger partial charge in [-0.15, -0.1) is 0 Å². The van der Waals surface area contributed by atoms with Crippen molar-refractivity contribution in [1.29, 1.82) is 0 Å². The van der Waals surface area contributed by atoms with Crippen molar-refractivity contribution in [2.45, 2.75) is 0 Å². The van der Waals surface area contributed by atoms with Gasteiger partial charge in [0.2, 0.25) is 0 Å². The minimum Gasteiger partial charge on any atom is -0.456 e. The average molecular weight is 233 g/mol. The van der Waals surface area contributed by atoms with Crippen LogP contribution in [-0.2, 0) is 0 Å². The van der Waals surface area contributed by atoms with Gasteiger partial charge in [0, 0.05) is 16.6 Å². The molecular weight excluding hydrogens is 222 g/mol. The number of nitrogen functional groups attached to an aromatic ring is 1. The number of hydrogen-bond donors (Lipinski definition) is 1. The van der Waals surface area contributed by atoms with Gasteiger partial charge in [0.1, 0.15) is 11.5 Å². The van der Waals surface area contributed by atoms with Gasteiger partial charge in [-0.05, 0) is 35.2 Å². The van der Waals surface area contributed by atoms with Crippen molar-refractivity contribution in [3.63, 3.8) is 0 Å². The lowest BCUT2D eigenvalue weighted by molar-refractivity contribution is 0.487. The maximum atomic E-state index is 5.95. The molecule has 2 nitrogen and oxygen atoms in total. The fourth-order valence-corrected chi connectivity index (χ4v) is 2.58. The second-order valence-electron chi connectivity index (χ2n) is 4.52. The van der Waals surface area contributed by atoms with Crippen LogP contribution in [0.1, 0.15) is 0 Å². The quantitative estimate of drug-likeness (QED) is 0.462. The molecule has 0 atom stereocenters. The summed E-state index contributed by atoms with van der Waals surface area (Å²) in [6.07, 6.45) is 0. The predicted octanol–water partition coefficient (Wildman–Crippen LogP) is 4.19. The van der Waals surface area contributed by atoms with Crippen molar-refractivity contribution in [3.05, 3.63) is 54.6 Å². The van der Waals surface area contributed by atoms with Crippen molar-refractivity contribution in [2.24, 2.45) is 0 Å². The number of hydrogen-bond acceptors (Lipinski definition) is 2. The van der Waals surface area contributed by atoms with Crippen LogP contribution in [0.2, 0.25) is 0 Å². The lowest BCUT2D eigenvalue weighted by Crippen LogP contribution is -1.97. The number of fused-ring (bicyclic) bond motifs is 2. The molecule has 3 aromatic rings. The first-order valence-electron chi connectivity index (χ1n) is 5.92. The molecule has 0 spiro atoms. The maximum absolute atomic E-state index is 5.95. The highest BCUT2D eigenvalue weighted by atomic mass is 16.5. The summed E-state index contributed by atoms with van der Waals surface area (Å²) in [7, 11) is 0. The topological polar surface area (TPSA) is 35.2 Å². The van der Waals surface area contributed by atoms with Crippen LogP contribution >= 0.6 is 0 Å². The summed E-state index contributed by atoms with van der Waals surface area (Å²) in [4.78, 5) is 0. The van der Waals surface area contributed by atoms with Gasteiger partial charge >= 0.3 is 0 Å². The molecule has 3 aromatic carbocycles. The Morgan fingerprint density at radius 3 is 2.50 bits per heavy atom. The number of anilines is 1. The second-order valence-corrected chi connectivity index (χ2v) is 4.52. The largest absolute Gasteiger partial charge is 0.456 e. The van der Waals surface area contributed by atoms with E-state index in [2.05, 4.69) is 24.3 Å². The van der Waals surface area contributed by atoms with Gasteiger partial charge in [0.15, 0.2) is 0 Å². The summed E-state index contributed by atoms with van der Waals surface area (Å²) < 4.78 is 5.95. The van der Waals surface area contributed by atoms with Crippen LogP contribution in [0.4, 0.5) is 5.69 Å². The molecule has 4 rings (SSSR count). The first kappa shape index (κ1) is 9.54. The van der Waals surface area contributed by atoms with E-state index in [1.165, 1.54) is 10.9 Å². The van der Waals surface area contributed by atoms with Gasteiger partial charge < -0.3 is 10.5 Å². The molecule has 18 heavy (non-hydrogen) atoms. The van der Waals surface area contributed by atoms with E-state index < -0.39 is 0 Å². The molecule has 0 saturated heterocycles. The minimum absolute atomic E-state index is 0.758. The van der Waals surface area contributed by atoms with E-state index in [9.17, 15) is 0 Å². The van der Waals surface area contributed by atoms with Crippen LogP contribution < -0.4 is 10.5 Å². The Labute approximate surface area is 105 Å². The molecule has 0 amide bonds. The zero-order valence-electron chi connectivity index (χ0n) is 9.68. The highest BCUT2D eigenvalue weighted by Gasteiger charge is 2.19. The molecule has 1 aliphatic heterocycles. The summed E-state index contributed by atoms with van der Waals surface area (Å²) in [6.45, 7) is 0. The zero-order valence-corrected chi connectivity index (χ0v) is 9.68. The summed E-state index contributed by atoms with van der Waals surface area (Å²) in [5, 5.41) is 2.36. The average Bonchev–Trinajstić information content (AvgIpc) is 2.40. The summed E-state index contributed by atoms with van der Waals surface area (Å²) in [5.41, 5.74) is 8.89. The van der Waals surface area contributed by atoms with E-state index >= 15 is 0 Å². The standard InChI is InChI=1S/C16H11NO/c17-11-7-8-14-13(9-11)12-5-1-3-10-4-2-6-15(18-14)16(10)12/h1-9H,17H2.